The third kappa shape index (κ3) is 2.80. The molecule has 2 fully saturated rings. The Balaban J connectivity index is 1.40. The maximum absolute atomic E-state index is 13.5. The van der Waals surface area contributed by atoms with Crippen molar-refractivity contribution in [3.05, 3.63) is 59.9 Å². The summed E-state index contributed by atoms with van der Waals surface area (Å²) < 4.78 is 6.25. The maximum Gasteiger partial charge on any atom is 0.234 e. The first-order valence-corrected chi connectivity index (χ1v) is 10.4. The van der Waals surface area contributed by atoms with Crippen LogP contribution in [0.1, 0.15) is 31.0 Å². The van der Waals surface area contributed by atoms with Crippen LogP contribution in [0.15, 0.2) is 48.7 Å². The minimum atomic E-state index is -0.715. The Morgan fingerprint density at radius 3 is 2.77 bits per heavy atom. The zero-order chi connectivity index (χ0) is 21.0. The van der Waals surface area contributed by atoms with Crippen molar-refractivity contribution in [2.45, 2.75) is 38.0 Å². The van der Waals surface area contributed by atoms with Gasteiger partial charge in [-0.25, -0.2) is 0 Å². The first-order valence-electron chi connectivity index (χ1n) is 10.4. The van der Waals surface area contributed by atoms with Crippen molar-refractivity contribution >= 4 is 17.5 Å². The van der Waals surface area contributed by atoms with Gasteiger partial charge in [0.15, 0.2) is 0 Å². The van der Waals surface area contributed by atoms with Crippen LogP contribution >= 0.6 is 0 Å². The average Bonchev–Trinajstić information content (AvgIpc) is 3.50. The number of ether oxygens (including phenoxy) is 1. The topological polar surface area (TPSA) is 78.5 Å². The van der Waals surface area contributed by atoms with E-state index in [0.29, 0.717) is 19.0 Å². The lowest BCUT2D eigenvalue weighted by atomic mass is 9.76. The first kappa shape index (κ1) is 19.1. The molecule has 1 aromatic heterocycles. The fraction of sp³-hybridized carbons (Fsp3) is 0.435. The van der Waals surface area contributed by atoms with Crippen LogP contribution in [0.5, 0.6) is 0 Å². The lowest BCUT2D eigenvalue weighted by Crippen LogP contribution is -2.44. The van der Waals surface area contributed by atoms with Crippen LogP contribution in [0.25, 0.3) is 0 Å². The molecule has 4 atom stereocenters. The van der Waals surface area contributed by atoms with Gasteiger partial charge < -0.3 is 14.5 Å². The Labute approximate surface area is 175 Å². The van der Waals surface area contributed by atoms with Gasteiger partial charge in [-0.05, 0) is 29.7 Å². The molecule has 2 amide bonds. The zero-order valence-corrected chi connectivity index (χ0v) is 17.4. The smallest absolute Gasteiger partial charge is 0.234 e. The molecule has 30 heavy (non-hydrogen) atoms. The van der Waals surface area contributed by atoms with Crippen molar-refractivity contribution in [2.75, 3.05) is 18.5 Å². The number of benzene rings is 1. The molecule has 1 N–H and O–H groups in total. The van der Waals surface area contributed by atoms with Crippen LogP contribution in [0.3, 0.4) is 0 Å². The van der Waals surface area contributed by atoms with E-state index in [1.165, 1.54) is 5.56 Å². The Bertz CT molecular complexity index is 998. The summed E-state index contributed by atoms with van der Waals surface area (Å²) in [5, 5.41) is 6.81. The number of amides is 2. The number of aromatic amines is 1. The van der Waals surface area contributed by atoms with E-state index >= 15 is 0 Å². The number of nitrogens with zero attached hydrogens (tertiary/aromatic N) is 3. The molecule has 0 radical (unpaired) electrons. The number of rotatable bonds is 5. The molecule has 2 unspecified atom stereocenters. The van der Waals surface area contributed by atoms with E-state index in [9.17, 15) is 9.59 Å². The minimum Gasteiger partial charge on any atom is -0.360 e. The fourth-order valence-corrected chi connectivity index (χ4v) is 5.00. The third-order valence-electron chi connectivity index (χ3n) is 6.60. The van der Waals surface area contributed by atoms with Crippen molar-refractivity contribution in [1.82, 2.24) is 15.1 Å². The monoisotopic (exact) mass is 406 g/mol. The molecule has 1 aromatic carbocycles. The Kier molecular flexibility index (Phi) is 4.32. The Morgan fingerprint density at radius 1 is 1.33 bits per heavy atom. The summed E-state index contributed by atoms with van der Waals surface area (Å²) in [6, 6.07) is 9.94. The molecule has 4 heterocycles. The molecule has 2 saturated heterocycles. The lowest BCUT2D eigenvalue weighted by molar-refractivity contribution is -0.139. The number of fused-ring (bicyclic) bond motifs is 1. The predicted molar refractivity (Wildman–Crippen MR) is 112 cm³/mol. The number of aromatic nitrogens is 2. The van der Waals surface area contributed by atoms with E-state index in [0.717, 1.165) is 11.4 Å². The highest BCUT2D eigenvalue weighted by molar-refractivity contribution is 6.03. The quantitative estimate of drug-likeness (QED) is 0.774. The van der Waals surface area contributed by atoms with E-state index in [1.807, 2.05) is 30.4 Å². The van der Waals surface area contributed by atoms with E-state index in [4.69, 9.17) is 4.74 Å². The van der Waals surface area contributed by atoms with E-state index in [-0.39, 0.29) is 17.9 Å². The molecule has 3 aliphatic rings. The maximum atomic E-state index is 13.5. The standard InChI is InChI=1S/C23H26N4O3/c1-14(2)15-4-6-17(7-5-15)27-13-23-10-8-18(30-23)19(20(23)22(27)29)21(28)26(3)12-16-9-11-24-25-16/h4-11,14,18-20H,12-13H2,1-3H3,(H,24,25)/t18-,19?,20?,23-/m0/s1. The zero-order valence-electron chi connectivity index (χ0n) is 17.4. The molecule has 3 aliphatic heterocycles. The highest BCUT2D eigenvalue weighted by Crippen LogP contribution is 2.53. The fourth-order valence-electron chi connectivity index (χ4n) is 5.00. The van der Waals surface area contributed by atoms with Gasteiger partial charge in [-0.2, -0.15) is 5.10 Å². The molecule has 1 spiro atoms. The molecular weight excluding hydrogens is 380 g/mol. The van der Waals surface area contributed by atoms with Crippen LogP contribution in [0.4, 0.5) is 5.69 Å². The van der Waals surface area contributed by atoms with Crippen LogP contribution in [0, 0.1) is 11.8 Å². The second kappa shape index (κ2) is 6.80. The average molecular weight is 406 g/mol. The highest BCUT2D eigenvalue weighted by Gasteiger charge is 2.67. The normalized spacial score (nSPS) is 29.1. The van der Waals surface area contributed by atoms with Crippen LogP contribution in [-0.4, -0.2) is 52.2 Å². The molecule has 2 bridgehead atoms. The van der Waals surface area contributed by atoms with Gasteiger partial charge in [0.05, 0.1) is 36.7 Å². The Morgan fingerprint density at radius 2 is 2.10 bits per heavy atom. The third-order valence-corrected chi connectivity index (χ3v) is 6.60. The lowest BCUT2D eigenvalue weighted by Gasteiger charge is -2.27. The second-order valence-electron chi connectivity index (χ2n) is 8.85. The Hall–Kier alpha value is -2.93. The van der Waals surface area contributed by atoms with Gasteiger partial charge in [-0.1, -0.05) is 38.1 Å². The predicted octanol–water partition coefficient (Wildman–Crippen LogP) is 2.48. The summed E-state index contributed by atoms with van der Waals surface area (Å²) in [5.74, 6) is -0.673. The van der Waals surface area contributed by atoms with Gasteiger partial charge in [0.2, 0.25) is 11.8 Å². The molecule has 0 saturated carbocycles. The van der Waals surface area contributed by atoms with E-state index in [1.54, 1.807) is 23.0 Å². The van der Waals surface area contributed by atoms with Gasteiger partial charge in [0, 0.05) is 18.9 Å². The van der Waals surface area contributed by atoms with E-state index < -0.39 is 17.4 Å². The summed E-state index contributed by atoms with van der Waals surface area (Å²) >= 11 is 0. The number of carbonyl (C=O) groups is 2. The largest absolute Gasteiger partial charge is 0.360 e. The van der Waals surface area contributed by atoms with Crippen molar-refractivity contribution in [1.29, 1.82) is 0 Å². The number of H-pyrrole nitrogens is 1. The minimum absolute atomic E-state index is 0.0348. The van der Waals surface area contributed by atoms with Crippen LogP contribution < -0.4 is 4.90 Å². The summed E-state index contributed by atoms with van der Waals surface area (Å²) in [5.41, 5.74) is 2.22. The number of hydrogen-bond acceptors (Lipinski definition) is 4. The molecule has 7 heteroatoms. The SMILES string of the molecule is CC(C)c1ccc(N2C[C@]34C=C[C@H](O3)C(C(=O)N(C)Cc3ccn[nH]3)C4C2=O)cc1. The van der Waals surface area contributed by atoms with E-state index in [2.05, 4.69) is 36.2 Å². The summed E-state index contributed by atoms with van der Waals surface area (Å²) in [7, 11) is 1.76. The van der Waals surface area contributed by atoms with Crippen LogP contribution in [0.2, 0.25) is 0 Å². The van der Waals surface area contributed by atoms with Crippen molar-refractivity contribution in [3.8, 4) is 0 Å². The van der Waals surface area contributed by atoms with Gasteiger partial charge >= 0.3 is 0 Å². The van der Waals surface area contributed by atoms with Gasteiger partial charge in [-0.3, -0.25) is 14.7 Å². The van der Waals surface area contributed by atoms with Crippen molar-refractivity contribution in [2.24, 2.45) is 11.8 Å². The highest BCUT2D eigenvalue weighted by atomic mass is 16.5. The number of anilines is 1. The summed E-state index contributed by atoms with van der Waals surface area (Å²) in [6.45, 7) is 5.15. The molecule has 7 nitrogen and oxygen atoms in total. The van der Waals surface area contributed by atoms with Crippen molar-refractivity contribution < 1.29 is 14.3 Å². The second-order valence-corrected chi connectivity index (χ2v) is 8.85. The molecule has 156 valence electrons. The first-order chi connectivity index (χ1) is 14.4. The summed E-state index contributed by atoms with van der Waals surface area (Å²) in [6.07, 6.45) is 5.25. The van der Waals surface area contributed by atoms with Crippen molar-refractivity contribution in [3.63, 3.8) is 0 Å². The number of carbonyl (C=O) groups excluding carboxylic acids is 2. The summed E-state index contributed by atoms with van der Waals surface area (Å²) in [4.78, 5) is 30.2. The molecule has 0 aliphatic carbocycles. The van der Waals surface area contributed by atoms with Gasteiger partial charge in [0.1, 0.15) is 5.60 Å². The molecule has 2 aromatic rings. The van der Waals surface area contributed by atoms with Crippen LogP contribution in [-0.2, 0) is 20.9 Å². The van der Waals surface area contributed by atoms with Gasteiger partial charge in [-0.15, -0.1) is 0 Å². The number of nitrogens with one attached hydrogen (secondary N) is 1. The number of hydrogen-bond donors (Lipinski definition) is 1. The molecule has 5 rings (SSSR count). The van der Waals surface area contributed by atoms with Gasteiger partial charge in [0.25, 0.3) is 0 Å². The molecular formula is C23H26N4O3.